The molecule has 1 heterocycles. The van der Waals surface area contributed by atoms with E-state index in [0.717, 1.165) is 6.42 Å². The SMILES string of the molecule is C1=NN=Cc2ccccc2C1.O. The van der Waals surface area contributed by atoms with Gasteiger partial charge in [0.2, 0.25) is 0 Å². The maximum Gasteiger partial charge on any atom is 0.0570 e. The van der Waals surface area contributed by atoms with Crippen LogP contribution in [0.2, 0.25) is 0 Å². The summed E-state index contributed by atoms with van der Waals surface area (Å²) < 4.78 is 0. The van der Waals surface area contributed by atoms with E-state index >= 15 is 0 Å². The first kappa shape index (κ1) is 8.62. The Morgan fingerprint density at radius 2 is 1.92 bits per heavy atom. The minimum atomic E-state index is 0. The van der Waals surface area contributed by atoms with Crippen LogP contribution >= 0.6 is 0 Å². The number of hydrogen-bond donors (Lipinski definition) is 0. The van der Waals surface area contributed by atoms with E-state index < -0.39 is 0 Å². The number of fused-ring (bicyclic) bond motifs is 1. The lowest BCUT2D eigenvalue weighted by molar-refractivity contribution is 0.824. The first-order valence-electron chi connectivity index (χ1n) is 3.59. The molecule has 3 nitrogen and oxygen atoms in total. The van der Waals surface area contributed by atoms with Gasteiger partial charge in [-0.05, 0) is 11.1 Å². The zero-order valence-corrected chi connectivity index (χ0v) is 6.57. The van der Waals surface area contributed by atoms with Crippen molar-refractivity contribution in [2.45, 2.75) is 6.42 Å². The van der Waals surface area contributed by atoms with Gasteiger partial charge in [0.15, 0.2) is 0 Å². The summed E-state index contributed by atoms with van der Waals surface area (Å²) >= 11 is 0. The third-order valence-corrected chi connectivity index (χ3v) is 1.71. The van der Waals surface area contributed by atoms with E-state index in [1.165, 1.54) is 11.1 Å². The highest BCUT2D eigenvalue weighted by Crippen LogP contribution is 2.07. The highest BCUT2D eigenvalue weighted by molar-refractivity contribution is 5.84. The minimum absolute atomic E-state index is 0. The summed E-state index contributed by atoms with van der Waals surface area (Å²) in [6.07, 6.45) is 4.50. The van der Waals surface area contributed by atoms with Crippen molar-refractivity contribution in [3.8, 4) is 0 Å². The molecule has 2 rings (SSSR count). The summed E-state index contributed by atoms with van der Waals surface area (Å²) in [5.74, 6) is 0. The Hall–Kier alpha value is -1.48. The third kappa shape index (κ3) is 1.57. The van der Waals surface area contributed by atoms with E-state index in [1.807, 2.05) is 24.4 Å². The molecule has 2 N–H and O–H groups in total. The van der Waals surface area contributed by atoms with Gasteiger partial charge in [-0.2, -0.15) is 10.2 Å². The van der Waals surface area contributed by atoms with Gasteiger partial charge in [0.05, 0.1) is 6.21 Å². The number of benzene rings is 1. The van der Waals surface area contributed by atoms with Gasteiger partial charge in [-0.1, -0.05) is 24.3 Å². The van der Waals surface area contributed by atoms with Gasteiger partial charge >= 0.3 is 0 Å². The second-order valence-electron chi connectivity index (χ2n) is 2.45. The van der Waals surface area contributed by atoms with Crippen LogP contribution < -0.4 is 0 Å². The van der Waals surface area contributed by atoms with Crippen LogP contribution in [0, 0.1) is 0 Å². The molecule has 0 amide bonds. The predicted octanol–water partition coefficient (Wildman–Crippen LogP) is 0.823. The van der Waals surface area contributed by atoms with Gasteiger partial charge in [0, 0.05) is 12.6 Å². The van der Waals surface area contributed by atoms with Crippen LogP contribution in [-0.4, -0.2) is 17.9 Å². The summed E-state index contributed by atoms with van der Waals surface area (Å²) in [6, 6.07) is 8.19. The molecule has 0 saturated carbocycles. The largest absolute Gasteiger partial charge is 0.412 e. The van der Waals surface area contributed by atoms with Crippen molar-refractivity contribution in [2.24, 2.45) is 10.2 Å². The maximum absolute atomic E-state index is 3.86. The Bertz CT molecular complexity index is 318. The van der Waals surface area contributed by atoms with Gasteiger partial charge in [-0.15, -0.1) is 0 Å². The topological polar surface area (TPSA) is 56.2 Å². The lowest BCUT2D eigenvalue weighted by Gasteiger charge is -1.97. The lowest BCUT2D eigenvalue weighted by atomic mass is 10.1. The summed E-state index contributed by atoms with van der Waals surface area (Å²) in [4.78, 5) is 0. The molecule has 1 aliphatic heterocycles. The normalized spacial score (nSPS) is 13.0. The minimum Gasteiger partial charge on any atom is -0.412 e. The number of nitrogens with zero attached hydrogens (tertiary/aromatic N) is 2. The standard InChI is InChI=1S/C9H8N2.H2O/c1-2-4-9-7-11-10-6-5-8(9)3-1;/h1-4,6-7H,5H2;1H2. The average Bonchev–Trinajstić information content (AvgIpc) is 2.28. The summed E-state index contributed by atoms with van der Waals surface area (Å²) in [6.45, 7) is 0. The molecule has 0 bridgehead atoms. The summed E-state index contributed by atoms with van der Waals surface area (Å²) in [7, 11) is 0. The van der Waals surface area contributed by atoms with Crippen LogP contribution in [0.4, 0.5) is 0 Å². The Labute approximate surface area is 70.8 Å². The van der Waals surface area contributed by atoms with Crippen LogP contribution in [0.25, 0.3) is 0 Å². The van der Waals surface area contributed by atoms with Crippen molar-refractivity contribution in [1.29, 1.82) is 0 Å². The zero-order chi connectivity index (χ0) is 7.52. The molecule has 0 atom stereocenters. The average molecular weight is 162 g/mol. The fourth-order valence-electron chi connectivity index (χ4n) is 1.13. The van der Waals surface area contributed by atoms with E-state index in [4.69, 9.17) is 0 Å². The third-order valence-electron chi connectivity index (χ3n) is 1.71. The van der Waals surface area contributed by atoms with Crippen LogP contribution in [0.5, 0.6) is 0 Å². The summed E-state index contributed by atoms with van der Waals surface area (Å²) in [5.41, 5.74) is 2.46. The fourth-order valence-corrected chi connectivity index (χ4v) is 1.13. The van der Waals surface area contributed by atoms with Gasteiger partial charge in [0.1, 0.15) is 0 Å². The molecular formula is C9H10N2O. The second-order valence-corrected chi connectivity index (χ2v) is 2.45. The lowest BCUT2D eigenvalue weighted by Crippen LogP contribution is -1.90. The van der Waals surface area contributed by atoms with Crippen molar-refractivity contribution < 1.29 is 5.48 Å². The monoisotopic (exact) mass is 162 g/mol. The molecule has 0 unspecified atom stereocenters. The Morgan fingerprint density at radius 3 is 2.83 bits per heavy atom. The van der Waals surface area contributed by atoms with Crippen molar-refractivity contribution in [2.75, 3.05) is 0 Å². The molecule has 3 heteroatoms. The van der Waals surface area contributed by atoms with Crippen molar-refractivity contribution >= 4 is 12.4 Å². The molecule has 12 heavy (non-hydrogen) atoms. The van der Waals surface area contributed by atoms with E-state index in [0.29, 0.717) is 0 Å². The first-order chi connectivity index (χ1) is 5.47. The van der Waals surface area contributed by atoms with Crippen LogP contribution in [0.15, 0.2) is 34.5 Å². The molecule has 0 saturated heterocycles. The number of hydrogen-bond acceptors (Lipinski definition) is 2. The van der Waals surface area contributed by atoms with Crippen molar-refractivity contribution in [3.05, 3.63) is 35.4 Å². The maximum atomic E-state index is 3.86. The Kier molecular flexibility index (Phi) is 2.71. The Morgan fingerprint density at radius 1 is 1.08 bits per heavy atom. The van der Waals surface area contributed by atoms with Gasteiger partial charge < -0.3 is 5.48 Å². The van der Waals surface area contributed by atoms with E-state index in [1.54, 1.807) is 6.21 Å². The molecule has 62 valence electrons. The van der Waals surface area contributed by atoms with E-state index in [-0.39, 0.29) is 5.48 Å². The molecule has 0 aromatic heterocycles. The van der Waals surface area contributed by atoms with Crippen LogP contribution in [0.3, 0.4) is 0 Å². The molecule has 1 aromatic carbocycles. The van der Waals surface area contributed by atoms with Crippen molar-refractivity contribution in [1.82, 2.24) is 0 Å². The van der Waals surface area contributed by atoms with Gasteiger partial charge in [-0.3, -0.25) is 0 Å². The smallest absolute Gasteiger partial charge is 0.0570 e. The quantitative estimate of drug-likeness (QED) is 0.542. The zero-order valence-electron chi connectivity index (χ0n) is 6.57. The summed E-state index contributed by atoms with van der Waals surface area (Å²) in [5, 5.41) is 7.69. The predicted molar refractivity (Wildman–Crippen MR) is 49.8 cm³/mol. The Balaban J connectivity index is 0.000000720. The molecule has 0 spiro atoms. The molecule has 1 aromatic rings. The fraction of sp³-hybridized carbons (Fsp3) is 0.111. The first-order valence-corrected chi connectivity index (χ1v) is 3.59. The molecule has 0 fully saturated rings. The van der Waals surface area contributed by atoms with E-state index in [9.17, 15) is 0 Å². The molecule has 0 aliphatic carbocycles. The van der Waals surface area contributed by atoms with Crippen molar-refractivity contribution in [3.63, 3.8) is 0 Å². The second kappa shape index (κ2) is 3.78. The van der Waals surface area contributed by atoms with Crippen LogP contribution in [0.1, 0.15) is 11.1 Å². The van der Waals surface area contributed by atoms with Gasteiger partial charge in [-0.25, -0.2) is 0 Å². The van der Waals surface area contributed by atoms with Crippen LogP contribution in [-0.2, 0) is 6.42 Å². The molecule has 0 radical (unpaired) electrons. The highest BCUT2D eigenvalue weighted by Gasteiger charge is 1.98. The molecular weight excluding hydrogens is 152 g/mol. The molecule has 1 aliphatic rings. The highest BCUT2D eigenvalue weighted by atomic mass is 16.0. The number of rotatable bonds is 0. The van der Waals surface area contributed by atoms with Gasteiger partial charge in [0.25, 0.3) is 0 Å². The van der Waals surface area contributed by atoms with E-state index in [2.05, 4.69) is 16.3 Å².